The molecule has 0 radical (unpaired) electrons. The SMILES string of the molecule is COc1ccc(OC(F)(F)F)cc1[C@H](N)c1ccsc1. The van der Waals surface area contributed by atoms with Gasteiger partial charge in [0.15, 0.2) is 0 Å². The van der Waals surface area contributed by atoms with E-state index >= 15 is 0 Å². The third-order valence-corrected chi connectivity index (χ3v) is 3.37. The first-order valence-corrected chi connectivity index (χ1v) is 6.56. The van der Waals surface area contributed by atoms with Crippen LogP contribution in [0.1, 0.15) is 17.2 Å². The van der Waals surface area contributed by atoms with E-state index in [1.165, 1.54) is 36.6 Å². The summed E-state index contributed by atoms with van der Waals surface area (Å²) in [7, 11) is 1.43. The number of benzene rings is 1. The minimum atomic E-state index is -4.74. The average molecular weight is 303 g/mol. The van der Waals surface area contributed by atoms with Crippen LogP contribution in [0.2, 0.25) is 0 Å². The molecule has 0 bridgehead atoms. The molecule has 1 heterocycles. The van der Waals surface area contributed by atoms with Crippen LogP contribution < -0.4 is 15.2 Å². The van der Waals surface area contributed by atoms with Crippen LogP contribution in [0.4, 0.5) is 13.2 Å². The van der Waals surface area contributed by atoms with Crippen molar-refractivity contribution in [2.75, 3.05) is 7.11 Å². The van der Waals surface area contributed by atoms with E-state index in [2.05, 4.69) is 4.74 Å². The molecular formula is C13H12F3NO2S. The topological polar surface area (TPSA) is 44.5 Å². The Labute approximate surface area is 117 Å². The maximum Gasteiger partial charge on any atom is 0.573 e. The predicted molar refractivity (Wildman–Crippen MR) is 70.0 cm³/mol. The molecule has 0 aliphatic rings. The average Bonchev–Trinajstić information content (AvgIpc) is 2.89. The Morgan fingerprint density at radius 2 is 2.00 bits per heavy atom. The van der Waals surface area contributed by atoms with Gasteiger partial charge in [-0.15, -0.1) is 13.2 Å². The number of methoxy groups -OCH3 is 1. The van der Waals surface area contributed by atoms with Gasteiger partial charge in [-0.1, -0.05) is 0 Å². The van der Waals surface area contributed by atoms with Gasteiger partial charge < -0.3 is 15.2 Å². The normalized spacial score (nSPS) is 13.1. The molecule has 2 aromatic rings. The molecule has 3 nitrogen and oxygen atoms in total. The zero-order chi connectivity index (χ0) is 14.8. The molecule has 0 fully saturated rings. The lowest BCUT2D eigenvalue weighted by Gasteiger charge is -2.17. The maximum absolute atomic E-state index is 12.2. The van der Waals surface area contributed by atoms with Gasteiger partial charge in [0.2, 0.25) is 0 Å². The molecule has 0 spiro atoms. The van der Waals surface area contributed by atoms with Gasteiger partial charge in [0.05, 0.1) is 13.2 Å². The first kappa shape index (κ1) is 14.7. The van der Waals surface area contributed by atoms with E-state index in [0.29, 0.717) is 11.3 Å². The Bertz CT molecular complexity index is 569. The van der Waals surface area contributed by atoms with E-state index in [-0.39, 0.29) is 5.75 Å². The second-order valence-corrected chi connectivity index (χ2v) is 4.77. The lowest BCUT2D eigenvalue weighted by molar-refractivity contribution is -0.274. The van der Waals surface area contributed by atoms with Crippen LogP contribution in [0, 0.1) is 0 Å². The fourth-order valence-corrected chi connectivity index (χ4v) is 2.48. The maximum atomic E-state index is 12.2. The summed E-state index contributed by atoms with van der Waals surface area (Å²) in [5.41, 5.74) is 7.30. The summed E-state index contributed by atoms with van der Waals surface area (Å²) >= 11 is 1.46. The number of nitrogens with two attached hydrogens (primary N) is 1. The van der Waals surface area contributed by atoms with Crippen molar-refractivity contribution >= 4 is 11.3 Å². The summed E-state index contributed by atoms with van der Waals surface area (Å²) in [6, 6.07) is 5.08. The number of hydrogen-bond donors (Lipinski definition) is 1. The molecule has 1 aromatic carbocycles. The van der Waals surface area contributed by atoms with Gasteiger partial charge in [-0.2, -0.15) is 11.3 Å². The molecule has 1 atom stereocenters. The van der Waals surface area contributed by atoms with Crippen molar-refractivity contribution in [3.05, 3.63) is 46.2 Å². The van der Waals surface area contributed by atoms with Gasteiger partial charge in [0.1, 0.15) is 11.5 Å². The van der Waals surface area contributed by atoms with Crippen molar-refractivity contribution in [3.63, 3.8) is 0 Å². The molecule has 0 amide bonds. The van der Waals surface area contributed by atoms with E-state index in [9.17, 15) is 13.2 Å². The van der Waals surface area contributed by atoms with E-state index in [0.717, 1.165) is 5.56 Å². The van der Waals surface area contributed by atoms with Gasteiger partial charge in [0, 0.05) is 5.56 Å². The van der Waals surface area contributed by atoms with Gasteiger partial charge in [0.25, 0.3) is 0 Å². The van der Waals surface area contributed by atoms with E-state index in [4.69, 9.17) is 10.5 Å². The van der Waals surface area contributed by atoms with E-state index < -0.39 is 12.4 Å². The number of thiophene rings is 1. The van der Waals surface area contributed by atoms with Crippen molar-refractivity contribution in [2.24, 2.45) is 5.73 Å². The largest absolute Gasteiger partial charge is 0.573 e. The van der Waals surface area contributed by atoms with E-state index in [1.807, 2.05) is 16.8 Å². The molecule has 7 heteroatoms. The first-order chi connectivity index (χ1) is 9.40. The summed E-state index contributed by atoms with van der Waals surface area (Å²) in [4.78, 5) is 0. The highest BCUT2D eigenvalue weighted by atomic mass is 32.1. The number of alkyl halides is 3. The zero-order valence-electron chi connectivity index (χ0n) is 10.5. The molecule has 0 saturated heterocycles. The van der Waals surface area contributed by atoms with Crippen LogP contribution in [0.25, 0.3) is 0 Å². The Kier molecular flexibility index (Phi) is 4.20. The lowest BCUT2D eigenvalue weighted by atomic mass is 10.0. The van der Waals surface area contributed by atoms with Gasteiger partial charge >= 0.3 is 6.36 Å². The Morgan fingerprint density at radius 3 is 2.55 bits per heavy atom. The van der Waals surface area contributed by atoms with Gasteiger partial charge in [-0.3, -0.25) is 0 Å². The highest BCUT2D eigenvalue weighted by Gasteiger charge is 2.31. The highest BCUT2D eigenvalue weighted by molar-refractivity contribution is 7.08. The molecule has 0 aliphatic carbocycles. The fraction of sp³-hybridized carbons (Fsp3) is 0.231. The Morgan fingerprint density at radius 1 is 1.25 bits per heavy atom. The second kappa shape index (κ2) is 5.72. The van der Waals surface area contributed by atoms with Crippen molar-refractivity contribution in [2.45, 2.75) is 12.4 Å². The standard InChI is InChI=1S/C13H12F3NO2S/c1-18-11-3-2-9(19-13(14,15)16)6-10(11)12(17)8-4-5-20-7-8/h2-7,12H,17H2,1H3/t12-/m1/s1. The summed E-state index contributed by atoms with van der Waals surface area (Å²) < 4.78 is 45.8. The number of rotatable bonds is 4. The molecule has 0 aliphatic heterocycles. The van der Waals surface area contributed by atoms with Crippen molar-refractivity contribution in [3.8, 4) is 11.5 Å². The molecule has 0 unspecified atom stereocenters. The minimum absolute atomic E-state index is 0.320. The molecule has 20 heavy (non-hydrogen) atoms. The summed E-state index contributed by atoms with van der Waals surface area (Å²) in [5, 5.41) is 3.68. The van der Waals surface area contributed by atoms with Crippen LogP contribution in [0.3, 0.4) is 0 Å². The predicted octanol–water partition coefficient (Wildman–Crippen LogP) is 3.70. The fourth-order valence-electron chi connectivity index (χ4n) is 1.78. The molecule has 2 N–H and O–H groups in total. The Hall–Kier alpha value is -1.73. The number of halogens is 3. The molecular weight excluding hydrogens is 291 g/mol. The van der Waals surface area contributed by atoms with Crippen LogP contribution in [-0.4, -0.2) is 13.5 Å². The monoisotopic (exact) mass is 303 g/mol. The third-order valence-electron chi connectivity index (χ3n) is 2.67. The van der Waals surface area contributed by atoms with Crippen LogP contribution in [0.15, 0.2) is 35.0 Å². The summed E-state index contributed by atoms with van der Waals surface area (Å²) in [5.74, 6) is 0.0946. The Balaban J connectivity index is 2.36. The smallest absolute Gasteiger partial charge is 0.496 e. The third kappa shape index (κ3) is 3.43. The molecule has 2 rings (SSSR count). The van der Waals surface area contributed by atoms with Crippen molar-refractivity contribution in [1.29, 1.82) is 0 Å². The van der Waals surface area contributed by atoms with E-state index in [1.54, 1.807) is 0 Å². The van der Waals surface area contributed by atoms with Gasteiger partial charge in [-0.25, -0.2) is 0 Å². The minimum Gasteiger partial charge on any atom is -0.496 e. The number of hydrogen-bond acceptors (Lipinski definition) is 4. The van der Waals surface area contributed by atoms with Crippen LogP contribution in [0.5, 0.6) is 11.5 Å². The lowest BCUT2D eigenvalue weighted by Crippen LogP contribution is -2.18. The van der Waals surface area contributed by atoms with Crippen LogP contribution in [-0.2, 0) is 0 Å². The van der Waals surface area contributed by atoms with Crippen molar-refractivity contribution < 1.29 is 22.6 Å². The second-order valence-electron chi connectivity index (χ2n) is 3.99. The molecule has 1 aromatic heterocycles. The quantitative estimate of drug-likeness (QED) is 0.936. The summed E-state index contributed by atoms with van der Waals surface area (Å²) in [6.07, 6.45) is -4.74. The highest BCUT2D eigenvalue weighted by Crippen LogP contribution is 2.34. The molecule has 108 valence electrons. The number of ether oxygens (including phenoxy) is 2. The summed E-state index contributed by atoms with van der Waals surface area (Å²) in [6.45, 7) is 0. The van der Waals surface area contributed by atoms with Crippen molar-refractivity contribution in [1.82, 2.24) is 0 Å². The van der Waals surface area contributed by atoms with Gasteiger partial charge in [-0.05, 0) is 40.6 Å². The zero-order valence-corrected chi connectivity index (χ0v) is 11.3. The van der Waals surface area contributed by atoms with Crippen LogP contribution >= 0.6 is 11.3 Å². The first-order valence-electron chi connectivity index (χ1n) is 5.62. The molecule has 0 saturated carbocycles.